The van der Waals surface area contributed by atoms with Crippen LogP contribution < -0.4 is 0 Å². The lowest BCUT2D eigenvalue weighted by Crippen LogP contribution is -2.15. The highest BCUT2D eigenvalue weighted by molar-refractivity contribution is 6.31. The predicted molar refractivity (Wildman–Crippen MR) is 51.5 cm³/mol. The smallest absolute Gasteiger partial charge is 0.133 e. The Kier molecular flexibility index (Phi) is 2.28. The second-order valence-electron chi connectivity index (χ2n) is 3.30. The van der Waals surface area contributed by atoms with Crippen molar-refractivity contribution in [3.05, 3.63) is 16.9 Å². The first-order valence-corrected chi connectivity index (χ1v) is 4.78. The second-order valence-corrected chi connectivity index (χ2v) is 3.68. The zero-order valence-corrected chi connectivity index (χ0v) is 8.01. The van der Waals surface area contributed by atoms with Gasteiger partial charge in [0.25, 0.3) is 0 Å². The molecule has 1 radical (unpaired) electrons. The predicted octanol–water partition coefficient (Wildman–Crippen LogP) is 2.24. The van der Waals surface area contributed by atoms with Gasteiger partial charge in [-0.3, -0.25) is 4.68 Å². The topological polar surface area (TPSA) is 17.8 Å². The van der Waals surface area contributed by atoms with Crippen LogP contribution in [0.15, 0.2) is 0 Å². The Morgan fingerprint density at radius 1 is 1.69 bits per heavy atom. The third-order valence-electron chi connectivity index (χ3n) is 2.50. The van der Waals surface area contributed by atoms with Gasteiger partial charge in [-0.05, 0) is 12.8 Å². The summed E-state index contributed by atoms with van der Waals surface area (Å²) in [7, 11) is 0. The maximum atomic E-state index is 5.98. The lowest BCUT2D eigenvalue weighted by atomic mass is 9.83. The van der Waals surface area contributed by atoms with Crippen LogP contribution in [0, 0.1) is 18.5 Å². The lowest BCUT2D eigenvalue weighted by molar-refractivity contribution is 0.394. The molecule has 1 aliphatic rings. The van der Waals surface area contributed by atoms with Crippen LogP contribution in [-0.4, -0.2) is 9.78 Å². The molecule has 0 N–H and O–H groups in total. The van der Waals surface area contributed by atoms with Gasteiger partial charge in [0.05, 0.1) is 10.7 Å². The minimum atomic E-state index is 0.495. The van der Waals surface area contributed by atoms with E-state index < -0.39 is 0 Å². The SMILES string of the molecule is C#CCn1n[c]c(Cl)c1C1CCC1. The van der Waals surface area contributed by atoms with E-state index in [1.165, 1.54) is 19.3 Å². The van der Waals surface area contributed by atoms with Crippen molar-refractivity contribution in [2.24, 2.45) is 0 Å². The molecule has 1 aliphatic carbocycles. The van der Waals surface area contributed by atoms with Crippen LogP contribution in [0.5, 0.6) is 0 Å². The average molecular weight is 194 g/mol. The molecule has 1 fully saturated rings. The normalized spacial score (nSPS) is 16.6. The molecule has 0 saturated heterocycles. The van der Waals surface area contributed by atoms with E-state index >= 15 is 0 Å². The zero-order chi connectivity index (χ0) is 9.26. The van der Waals surface area contributed by atoms with Gasteiger partial charge < -0.3 is 0 Å². The van der Waals surface area contributed by atoms with E-state index in [1.54, 1.807) is 4.68 Å². The summed E-state index contributed by atoms with van der Waals surface area (Å²) in [6, 6.07) is 0. The molecule has 1 heterocycles. The van der Waals surface area contributed by atoms with Crippen molar-refractivity contribution >= 4 is 11.6 Å². The summed E-state index contributed by atoms with van der Waals surface area (Å²) in [4.78, 5) is 0. The van der Waals surface area contributed by atoms with E-state index in [1.807, 2.05) is 0 Å². The van der Waals surface area contributed by atoms with E-state index in [-0.39, 0.29) is 0 Å². The molecule has 0 aliphatic heterocycles. The van der Waals surface area contributed by atoms with E-state index in [9.17, 15) is 0 Å². The largest absolute Gasteiger partial charge is 0.255 e. The van der Waals surface area contributed by atoms with Gasteiger partial charge in [-0.1, -0.05) is 23.9 Å². The van der Waals surface area contributed by atoms with Crippen LogP contribution in [0.3, 0.4) is 0 Å². The summed E-state index contributed by atoms with van der Waals surface area (Å²) >= 11 is 5.98. The van der Waals surface area contributed by atoms with Crippen molar-refractivity contribution in [2.45, 2.75) is 31.7 Å². The van der Waals surface area contributed by atoms with Gasteiger partial charge >= 0.3 is 0 Å². The number of hydrogen-bond acceptors (Lipinski definition) is 1. The Morgan fingerprint density at radius 2 is 2.46 bits per heavy atom. The molecule has 1 aromatic heterocycles. The van der Waals surface area contributed by atoms with Crippen LogP contribution in [0.4, 0.5) is 0 Å². The van der Waals surface area contributed by atoms with Crippen LogP contribution >= 0.6 is 11.6 Å². The molecular formula is C10H10ClN2. The molecular weight excluding hydrogens is 184 g/mol. The average Bonchev–Trinajstić information content (AvgIpc) is 2.34. The van der Waals surface area contributed by atoms with Crippen LogP contribution in [0.2, 0.25) is 5.02 Å². The first kappa shape index (κ1) is 8.65. The molecule has 1 saturated carbocycles. The van der Waals surface area contributed by atoms with E-state index in [0.717, 1.165) is 5.69 Å². The molecule has 2 nitrogen and oxygen atoms in total. The Hall–Kier alpha value is -0.940. The first-order chi connectivity index (χ1) is 6.33. The van der Waals surface area contributed by atoms with Crippen molar-refractivity contribution in [2.75, 3.05) is 0 Å². The highest BCUT2D eigenvalue weighted by Crippen LogP contribution is 2.39. The Labute approximate surface area is 82.9 Å². The van der Waals surface area contributed by atoms with Gasteiger partial charge in [0.1, 0.15) is 12.7 Å². The molecule has 1 aromatic rings. The van der Waals surface area contributed by atoms with Crippen LogP contribution in [0.25, 0.3) is 0 Å². The summed E-state index contributed by atoms with van der Waals surface area (Å²) in [6.07, 6.45) is 11.7. The second kappa shape index (κ2) is 3.43. The minimum Gasteiger partial charge on any atom is -0.255 e. The molecule has 67 valence electrons. The molecule has 0 unspecified atom stereocenters. The molecule has 0 bridgehead atoms. The van der Waals surface area contributed by atoms with E-state index in [0.29, 0.717) is 17.5 Å². The summed E-state index contributed by atoms with van der Waals surface area (Å²) in [5, 5.41) is 4.66. The fourth-order valence-corrected chi connectivity index (χ4v) is 1.90. The van der Waals surface area contributed by atoms with Crippen molar-refractivity contribution in [3.63, 3.8) is 0 Å². The minimum absolute atomic E-state index is 0.495. The van der Waals surface area contributed by atoms with Crippen molar-refractivity contribution in [1.29, 1.82) is 0 Å². The standard InChI is InChI=1S/C10H10ClN2/c1-2-6-13-10(8-4-3-5-8)9(11)7-12-13/h1,8H,3-6H2. The maximum Gasteiger partial charge on any atom is 0.133 e. The Bertz CT molecular complexity index is 344. The summed E-state index contributed by atoms with van der Waals surface area (Å²) in [5.74, 6) is 3.12. The number of halogens is 1. The van der Waals surface area contributed by atoms with Crippen molar-refractivity contribution < 1.29 is 0 Å². The highest BCUT2D eigenvalue weighted by Gasteiger charge is 2.25. The number of terminal acetylenes is 1. The fourth-order valence-electron chi connectivity index (χ4n) is 1.61. The number of hydrogen-bond donors (Lipinski definition) is 0. The van der Waals surface area contributed by atoms with Crippen molar-refractivity contribution in [1.82, 2.24) is 9.78 Å². The van der Waals surface area contributed by atoms with E-state index in [4.69, 9.17) is 18.0 Å². The summed E-state index contributed by atoms with van der Waals surface area (Å²) in [6.45, 7) is 0.495. The number of nitrogens with zero attached hydrogens (tertiary/aromatic N) is 2. The highest BCUT2D eigenvalue weighted by atomic mass is 35.5. The van der Waals surface area contributed by atoms with Gasteiger partial charge in [0.15, 0.2) is 0 Å². The maximum absolute atomic E-state index is 5.98. The van der Waals surface area contributed by atoms with Gasteiger partial charge in [0.2, 0.25) is 0 Å². The Balaban J connectivity index is 2.29. The molecule has 0 spiro atoms. The molecule has 0 amide bonds. The monoisotopic (exact) mass is 193 g/mol. The quantitative estimate of drug-likeness (QED) is 0.659. The Morgan fingerprint density at radius 3 is 3.00 bits per heavy atom. The number of aromatic nitrogens is 2. The van der Waals surface area contributed by atoms with Gasteiger partial charge in [-0.15, -0.1) is 6.42 Å². The molecule has 2 rings (SSSR count). The van der Waals surface area contributed by atoms with Gasteiger partial charge in [0, 0.05) is 5.92 Å². The molecule has 0 aromatic carbocycles. The number of rotatable bonds is 2. The van der Waals surface area contributed by atoms with Gasteiger partial charge in [-0.2, -0.15) is 5.10 Å². The third kappa shape index (κ3) is 1.45. The molecule has 0 atom stereocenters. The molecule has 13 heavy (non-hydrogen) atoms. The summed E-state index contributed by atoms with van der Waals surface area (Å²) in [5.41, 5.74) is 1.07. The first-order valence-electron chi connectivity index (χ1n) is 4.40. The van der Waals surface area contributed by atoms with Crippen LogP contribution in [-0.2, 0) is 6.54 Å². The molecule has 3 heteroatoms. The fraction of sp³-hybridized carbons (Fsp3) is 0.500. The zero-order valence-electron chi connectivity index (χ0n) is 7.26. The van der Waals surface area contributed by atoms with Gasteiger partial charge in [-0.25, -0.2) is 0 Å². The third-order valence-corrected chi connectivity index (χ3v) is 2.78. The summed E-state index contributed by atoms with van der Waals surface area (Å²) < 4.78 is 1.78. The van der Waals surface area contributed by atoms with E-state index in [2.05, 4.69) is 17.2 Å². The lowest BCUT2D eigenvalue weighted by Gasteiger charge is -2.26. The van der Waals surface area contributed by atoms with Crippen LogP contribution in [0.1, 0.15) is 30.9 Å². The van der Waals surface area contributed by atoms with Crippen molar-refractivity contribution in [3.8, 4) is 12.3 Å².